The fourth-order valence-corrected chi connectivity index (χ4v) is 3.32. The van der Waals surface area contributed by atoms with Gasteiger partial charge in [-0.3, -0.25) is 4.79 Å². The second kappa shape index (κ2) is 7.60. The third-order valence-corrected chi connectivity index (χ3v) is 4.72. The van der Waals surface area contributed by atoms with E-state index >= 15 is 0 Å². The summed E-state index contributed by atoms with van der Waals surface area (Å²) in [5.74, 6) is 0.224. The molecular weight excluding hydrogens is 361 g/mol. The van der Waals surface area contributed by atoms with Gasteiger partial charge in [-0.2, -0.15) is 0 Å². The normalized spacial score (nSPS) is 10.7. The van der Waals surface area contributed by atoms with E-state index in [1.165, 1.54) is 24.3 Å². The molecule has 0 amide bonds. The Morgan fingerprint density at radius 1 is 0.815 bits per heavy atom. The molecule has 3 nitrogen and oxygen atoms in total. The average molecular weight is 375 g/mol. The molecule has 27 heavy (non-hydrogen) atoms. The van der Waals surface area contributed by atoms with Gasteiger partial charge in [-0.15, -0.1) is 0 Å². The summed E-state index contributed by atoms with van der Waals surface area (Å²) in [4.78, 5) is 17.0. The molecule has 0 radical (unpaired) electrons. The van der Waals surface area contributed by atoms with Crippen LogP contribution < -0.4 is 0 Å². The Bertz CT molecular complexity index is 1000. The minimum absolute atomic E-state index is 0.252. The van der Waals surface area contributed by atoms with Gasteiger partial charge in [0.15, 0.2) is 5.76 Å². The van der Waals surface area contributed by atoms with Crippen molar-refractivity contribution >= 4 is 16.9 Å². The number of aromatic nitrogens is 1. The molecule has 3 aromatic carbocycles. The Morgan fingerprint density at radius 2 is 1.41 bits per heavy atom. The van der Waals surface area contributed by atoms with E-state index in [1.807, 2.05) is 60.7 Å². The smallest absolute Gasteiger partial charge is 0.264 e. The largest absolute Gasteiger partial charge is 0.430 e. The molecule has 0 saturated heterocycles. The number of oxazole rings is 1. The number of hydrogen-bond acceptors (Lipinski definition) is 4. The summed E-state index contributed by atoms with van der Waals surface area (Å²) < 4.78 is 19.0. The van der Waals surface area contributed by atoms with Gasteiger partial charge in [0.1, 0.15) is 11.5 Å². The standard InChI is InChI=1S/C22H14FNO2S/c23-18-13-11-17(12-14-18)21(25)27-22-24-19(15-7-3-1-4-8-15)20(26-22)16-9-5-2-6-10-16/h1-14H. The summed E-state index contributed by atoms with van der Waals surface area (Å²) in [7, 11) is 0. The van der Waals surface area contributed by atoms with Crippen LogP contribution in [0.2, 0.25) is 0 Å². The number of halogens is 1. The number of thioether (sulfide) groups is 1. The molecule has 0 aliphatic rings. The number of benzene rings is 3. The molecule has 0 saturated carbocycles. The maximum Gasteiger partial charge on any atom is 0.264 e. The molecule has 0 aliphatic heterocycles. The van der Waals surface area contributed by atoms with Crippen LogP contribution in [0, 0.1) is 5.82 Å². The number of hydrogen-bond donors (Lipinski definition) is 0. The molecule has 0 N–H and O–H groups in total. The highest BCUT2D eigenvalue weighted by Gasteiger charge is 2.20. The van der Waals surface area contributed by atoms with E-state index in [-0.39, 0.29) is 16.2 Å². The fourth-order valence-electron chi connectivity index (χ4n) is 2.65. The van der Waals surface area contributed by atoms with Crippen LogP contribution in [0.15, 0.2) is 94.6 Å². The van der Waals surface area contributed by atoms with Crippen LogP contribution in [0.1, 0.15) is 10.4 Å². The van der Waals surface area contributed by atoms with Crippen molar-refractivity contribution in [1.82, 2.24) is 4.98 Å². The van der Waals surface area contributed by atoms with Crippen molar-refractivity contribution in [1.29, 1.82) is 0 Å². The molecule has 0 fully saturated rings. The Kier molecular flexibility index (Phi) is 4.85. The molecule has 1 aromatic heterocycles. The van der Waals surface area contributed by atoms with Gasteiger partial charge >= 0.3 is 0 Å². The zero-order chi connectivity index (χ0) is 18.6. The molecule has 4 rings (SSSR count). The summed E-state index contributed by atoms with van der Waals surface area (Å²) in [6.07, 6.45) is 0. The molecule has 0 spiro atoms. The van der Waals surface area contributed by atoms with Crippen LogP contribution in [-0.4, -0.2) is 10.1 Å². The van der Waals surface area contributed by atoms with Crippen molar-refractivity contribution in [3.63, 3.8) is 0 Å². The third-order valence-electron chi connectivity index (χ3n) is 3.95. The molecule has 5 heteroatoms. The first-order valence-electron chi connectivity index (χ1n) is 8.30. The van der Waals surface area contributed by atoms with Gasteiger partial charge in [-0.1, -0.05) is 60.7 Å². The Morgan fingerprint density at radius 3 is 2.04 bits per heavy atom. The first kappa shape index (κ1) is 17.2. The van der Waals surface area contributed by atoms with E-state index in [1.54, 1.807) is 0 Å². The highest BCUT2D eigenvalue weighted by molar-refractivity contribution is 8.14. The van der Waals surface area contributed by atoms with Gasteiger partial charge in [0.05, 0.1) is 0 Å². The molecule has 0 atom stereocenters. The lowest BCUT2D eigenvalue weighted by Crippen LogP contribution is -1.93. The van der Waals surface area contributed by atoms with Gasteiger partial charge in [0, 0.05) is 28.5 Å². The molecule has 0 unspecified atom stereocenters. The van der Waals surface area contributed by atoms with Gasteiger partial charge in [0.2, 0.25) is 5.12 Å². The number of nitrogens with zero attached hydrogens (tertiary/aromatic N) is 1. The van der Waals surface area contributed by atoms with Crippen LogP contribution in [0.4, 0.5) is 4.39 Å². The van der Waals surface area contributed by atoms with Crippen molar-refractivity contribution in [3.05, 3.63) is 96.3 Å². The lowest BCUT2D eigenvalue weighted by Gasteiger charge is -2.00. The second-order valence-electron chi connectivity index (χ2n) is 5.79. The highest BCUT2D eigenvalue weighted by atomic mass is 32.2. The maximum atomic E-state index is 13.1. The minimum atomic E-state index is -0.384. The second-order valence-corrected chi connectivity index (χ2v) is 6.71. The lowest BCUT2D eigenvalue weighted by molar-refractivity contribution is 0.108. The Labute approximate surface area is 159 Å². The van der Waals surface area contributed by atoms with E-state index in [0.717, 1.165) is 22.9 Å². The first-order chi connectivity index (χ1) is 13.2. The molecule has 0 bridgehead atoms. The van der Waals surface area contributed by atoms with Crippen molar-refractivity contribution in [2.24, 2.45) is 0 Å². The quantitative estimate of drug-likeness (QED) is 0.405. The van der Waals surface area contributed by atoms with Crippen molar-refractivity contribution < 1.29 is 13.6 Å². The summed E-state index contributed by atoms with van der Waals surface area (Å²) in [5, 5.41) is -0.00231. The summed E-state index contributed by atoms with van der Waals surface area (Å²) >= 11 is 0.888. The van der Waals surface area contributed by atoms with E-state index < -0.39 is 0 Å². The molecule has 4 aromatic rings. The maximum absolute atomic E-state index is 13.1. The zero-order valence-corrected chi connectivity index (χ0v) is 14.9. The number of carbonyl (C=O) groups is 1. The SMILES string of the molecule is O=C(Sc1nc(-c2ccccc2)c(-c2ccccc2)o1)c1ccc(F)cc1. The monoisotopic (exact) mass is 375 g/mol. The predicted molar refractivity (Wildman–Crippen MR) is 104 cm³/mol. The van der Waals surface area contributed by atoms with E-state index in [2.05, 4.69) is 4.98 Å². The minimum Gasteiger partial charge on any atom is -0.430 e. The van der Waals surface area contributed by atoms with E-state index in [9.17, 15) is 9.18 Å². The summed E-state index contributed by atoms with van der Waals surface area (Å²) in [6, 6.07) is 24.7. The fraction of sp³-hybridized carbons (Fsp3) is 0. The van der Waals surface area contributed by atoms with Crippen LogP contribution in [0.25, 0.3) is 22.6 Å². The van der Waals surface area contributed by atoms with Crippen LogP contribution in [0.5, 0.6) is 0 Å². The number of carbonyl (C=O) groups excluding carboxylic acids is 1. The predicted octanol–water partition coefficient (Wildman–Crippen LogP) is 6.08. The molecule has 0 aliphatic carbocycles. The van der Waals surface area contributed by atoms with Crippen LogP contribution >= 0.6 is 11.8 Å². The average Bonchev–Trinajstić information content (AvgIpc) is 3.13. The highest BCUT2D eigenvalue weighted by Crippen LogP contribution is 2.36. The molecular formula is C22H14FNO2S. The third kappa shape index (κ3) is 3.83. The van der Waals surface area contributed by atoms with Crippen molar-refractivity contribution in [2.45, 2.75) is 5.22 Å². The van der Waals surface area contributed by atoms with Crippen molar-refractivity contribution in [2.75, 3.05) is 0 Å². The molecule has 132 valence electrons. The van der Waals surface area contributed by atoms with Gasteiger partial charge in [-0.25, -0.2) is 9.37 Å². The summed E-state index contributed by atoms with van der Waals surface area (Å²) in [6.45, 7) is 0. The lowest BCUT2D eigenvalue weighted by atomic mass is 10.1. The van der Waals surface area contributed by atoms with E-state index in [4.69, 9.17) is 4.42 Å². The Hall–Kier alpha value is -3.18. The van der Waals surface area contributed by atoms with Crippen LogP contribution in [0.3, 0.4) is 0 Å². The van der Waals surface area contributed by atoms with Crippen molar-refractivity contribution in [3.8, 4) is 22.6 Å². The van der Waals surface area contributed by atoms with Gasteiger partial charge in [-0.05, 0) is 24.3 Å². The first-order valence-corrected chi connectivity index (χ1v) is 9.12. The van der Waals surface area contributed by atoms with Crippen LogP contribution in [-0.2, 0) is 0 Å². The topological polar surface area (TPSA) is 43.1 Å². The zero-order valence-electron chi connectivity index (χ0n) is 14.1. The Balaban J connectivity index is 1.71. The molecule has 1 heterocycles. The van der Waals surface area contributed by atoms with Gasteiger partial charge in [0.25, 0.3) is 5.22 Å². The van der Waals surface area contributed by atoms with Gasteiger partial charge < -0.3 is 4.42 Å². The summed E-state index contributed by atoms with van der Waals surface area (Å²) in [5.41, 5.74) is 2.85. The number of rotatable bonds is 4. The van der Waals surface area contributed by atoms with E-state index in [0.29, 0.717) is 17.0 Å².